The minimum atomic E-state index is -1.30. The molecule has 3 fully saturated rings. The van der Waals surface area contributed by atoms with Gasteiger partial charge >= 0.3 is 6.09 Å². The van der Waals surface area contributed by atoms with Crippen LogP contribution in [0, 0.1) is 11.6 Å². The average Bonchev–Trinajstić information content (AvgIpc) is 3.08. The number of benzene rings is 2. The van der Waals surface area contributed by atoms with E-state index >= 15 is 0 Å². The monoisotopic (exact) mass is 548 g/mol. The zero-order chi connectivity index (χ0) is 26.0. The van der Waals surface area contributed by atoms with Crippen LogP contribution < -0.4 is 0 Å². The normalized spacial score (nSPS) is 24.0. The fourth-order valence-corrected chi connectivity index (χ4v) is 6.70. The number of ether oxygens (including phenoxy) is 1. The third-order valence-corrected chi connectivity index (χ3v) is 8.93. The lowest BCUT2D eigenvalue weighted by atomic mass is 9.80. The van der Waals surface area contributed by atoms with Gasteiger partial charge in [-0.05, 0) is 74.5 Å². The van der Waals surface area contributed by atoms with Gasteiger partial charge in [-0.25, -0.2) is 13.6 Å². The number of halogens is 3. The molecular weight excluding hydrogens is 510 g/mol. The highest BCUT2D eigenvalue weighted by molar-refractivity contribution is 5.85. The van der Waals surface area contributed by atoms with Crippen molar-refractivity contribution in [2.24, 2.45) is 0 Å². The second kappa shape index (κ2) is 11.9. The number of amides is 1. The van der Waals surface area contributed by atoms with E-state index in [4.69, 9.17) is 4.74 Å². The van der Waals surface area contributed by atoms with Gasteiger partial charge in [0.25, 0.3) is 0 Å². The molecule has 2 aromatic rings. The van der Waals surface area contributed by atoms with Crippen molar-refractivity contribution in [3.8, 4) is 0 Å². The van der Waals surface area contributed by atoms with Gasteiger partial charge in [0.1, 0.15) is 11.6 Å². The highest BCUT2D eigenvalue weighted by Crippen LogP contribution is 2.47. The zero-order valence-corrected chi connectivity index (χ0v) is 22.9. The first-order chi connectivity index (χ1) is 17.8. The molecule has 2 heterocycles. The SMILES string of the molecule is CC1(O)N(C2CCCCC2)C(=O)OC12CCN(CCCC(c1ccc(F)cc1)c1ccc(F)cc1)CC2.Cl. The van der Waals surface area contributed by atoms with Crippen LogP contribution in [0.15, 0.2) is 48.5 Å². The Morgan fingerprint density at radius 2 is 1.47 bits per heavy atom. The first-order valence-corrected chi connectivity index (χ1v) is 13.8. The van der Waals surface area contributed by atoms with Crippen LogP contribution in [0.3, 0.4) is 0 Å². The molecule has 1 amide bonds. The maximum Gasteiger partial charge on any atom is 0.413 e. The van der Waals surface area contributed by atoms with Crippen LogP contribution in [-0.4, -0.2) is 58.0 Å². The van der Waals surface area contributed by atoms with E-state index in [1.54, 1.807) is 11.8 Å². The molecule has 0 radical (unpaired) electrons. The number of nitrogens with zero attached hydrogens (tertiary/aromatic N) is 2. The summed E-state index contributed by atoms with van der Waals surface area (Å²) in [6.07, 6.45) is 7.81. The van der Waals surface area contributed by atoms with Gasteiger partial charge in [-0.1, -0.05) is 43.5 Å². The Morgan fingerprint density at radius 1 is 0.947 bits per heavy atom. The first kappa shape index (κ1) is 28.8. The van der Waals surface area contributed by atoms with Gasteiger partial charge < -0.3 is 14.7 Å². The van der Waals surface area contributed by atoms with E-state index in [0.29, 0.717) is 12.8 Å². The van der Waals surface area contributed by atoms with Gasteiger partial charge in [0.2, 0.25) is 0 Å². The summed E-state index contributed by atoms with van der Waals surface area (Å²) in [5, 5.41) is 11.6. The van der Waals surface area contributed by atoms with E-state index in [-0.39, 0.29) is 42.1 Å². The molecule has 8 heteroatoms. The van der Waals surface area contributed by atoms with Crippen LogP contribution in [0.5, 0.6) is 0 Å². The molecule has 2 aromatic carbocycles. The molecule has 3 aliphatic rings. The molecular formula is C30H39ClF2N2O3. The number of hydrogen-bond donors (Lipinski definition) is 1. The summed E-state index contributed by atoms with van der Waals surface area (Å²) < 4.78 is 33.0. The van der Waals surface area contributed by atoms with Crippen molar-refractivity contribution in [1.29, 1.82) is 0 Å². The molecule has 1 spiro atoms. The maximum absolute atomic E-state index is 13.5. The predicted octanol–water partition coefficient (Wildman–Crippen LogP) is 6.63. The van der Waals surface area contributed by atoms with E-state index in [2.05, 4.69) is 4.90 Å². The second-order valence-corrected chi connectivity index (χ2v) is 11.2. The Bertz CT molecular complexity index is 1020. The molecule has 38 heavy (non-hydrogen) atoms. The lowest BCUT2D eigenvalue weighted by Gasteiger charge is -2.46. The molecule has 208 valence electrons. The summed E-state index contributed by atoms with van der Waals surface area (Å²) >= 11 is 0. The number of likely N-dealkylation sites (tertiary alicyclic amines) is 1. The summed E-state index contributed by atoms with van der Waals surface area (Å²) in [6, 6.07) is 13.2. The van der Waals surface area contributed by atoms with Crippen molar-refractivity contribution >= 4 is 18.5 Å². The van der Waals surface area contributed by atoms with Crippen LogP contribution in [-0.2, 0) is 4.74 Å². The Hall–Kier alpha value is -2.22. The molecule has 0 bridgehead atoms. The molecule has 2 saturated heterocycles. The van der Waals surface area contributed by atoms with Crippen LogP contribution in [0.25, 0.3) is 0 Å². The standard InChI is InChI=1S/C30H38F2N2O3.ClH/c1-29(36)30(37-28(35)34(29)26-6-3-2-4-7-26)17-20-33(21-18-30)19-5-8-27(22-9-13-24(31)14-10-22)23-11-15-25(32)16-12-23;/h9-16,26-27,36H,2-8,17-21H2,1H3;1H. The van der Waals surface area contributed by atoms with E-state index in [0.717, 1.165) is 69.3 Å². The third-order valence-electron chi connectivity index (χ3n) is 8.93. The minimum absolute atomic E-state index is 0. The van der Waals surface area contributed by atoms with Gasteiger partial charge in [0, 0.05) is 37.9 Å². The van der Waals surface area contributed by atoms with Crippen molar-refractivity contribution < 1.29 is 23.4 Å². The van der Waals surface area contributed by atoms with Gasteiger partial charge in [0.15, 0.2) is 11.3 Å². The topological polar surface area (TPSA) is 53.0 Å². The highest BCUT2D eigenvalue weighted by atomic mass is 35.5. The molecule has 0 aromatic heterocycles. The number of rotatable bonds is 7. The number of carbonyl (C=O) groups excluding carboxylic acids is 1. The quantitative estimate of drug-likeness (QED) is 0.422. The molecule has 1 saturated carbocycles. The van der Waals surface area contributed by atoms with Crippen molar-refractivity contribution in [1.82, 2.24) is 9.80 Å². The fraction of sp³-hybridized carbons (Fsp3) is 0.567. The summed E-state index contributed by atoms with van der Waals surface area (Å²) in [5.41, 5.74) is -0.123. The average molecular weight is 549 g/mol. The first-order valence-electron chi connectivity index (χ1n) is 13.8. The van der Waals surface area contributed by atoms with Gasteiger partial charge in [-0.15, -0.1) is 12.4 Å². The van der Waals surface area contributed by atoms with Crippen LogP contribution in [0.2, 0.25) is 0 Å². The van der Waals surface area contributed by atoms with Crippen molar-refractivity contribution in [3.63, 3.8) is 0 Å². The Kier molecular flexibility index (Phi) is 9.00. The van der Waals surface area contributed by atoms with Crippen molar-refractivity contribution in [2.45, 2.75) is 88.0 Å². The van der Waals surface area contributed by atoms with Gasteiger partial charge in [-0.3, -0.25) is 4.90 Å². The zero-order valence-electron chi connectivity index (χ0n) is 22.1. The van der Waals surface area contributed by atoms with Crippen molar-refractivity contribution in [2.75, 3.05) is 19.6 Å². The minimum Gasteiger partial charge on any atom is -0.437 e. The third kappa shape index (κ3) is 5.70. The van der Waals surface area contributed by atoms with Crippen LogP contribution in [0.4, 0.5) is 13.6 Å². The lowest BCUT2D eigenvalue weighted by molar-refractivity contribution is -0.174. The largest absolute Gasteiger partial charge is 0.437 e. The summed E-state index contributed by atoms with van der Waals surface area (Å²) in [6.45, 7) is 4.13. The van der Waals surface area contributed by atoms with Crippen LogP contribution >= 0.6 is 12.4 Å². The van der Waals surface area contributed by atoms with E-state index in [1.807, 2.05) is 24.3 Å². The van der Waals surface area contributed by atoms with Crippen molar-refractivity contribution in [3.05, 3.63) is 71.3 Å². The van der Waals surface area contributed by atoms with Crippen LogP contribution in [0.1, 0.15) is 81.8 Å². The summed E-state index contributed by atoms with van der Waals surface area (Å²) in [7, 11) is 0. The molecule has 1 N–H and O–H groups in total. The van der Waals surface area contributed by atoms with Gasteiger partial charge in [0.05, 0.1) is 0 Å². The Balaban J connectivity index is 0.00000336. The fourth-order valence-electron chi connectivity index (χ4n) is 6.70. The molecule has 5 nitrogen and oxygen atoms in total. The smallest absolute Gasteiger partial charge is 0.413 e. The van der Waals surface area contributed by atoms with E-state index in [1.165, 1.54) is 30.7 Å². The number of aliphatic hydroxyl groups is 1. The Labute approximate surface area is 230 Å². The van der Waals surface area contributed by atoms with Gasteiger partial charge in [-0.2, -0.15) is 0 Å². The number of hydrogen-bond acceptors (Lipinski definition) is 4. The summed E-state index contributed by atoms with van der Waals surface area (Å²) in [4.78, 5) is 16.9. The number of carbonyl (C=O) groups is 1. The molecule has 1 atom stereocenters. The van der Waals surface area contributed by atoms with E-state index in [9.17, 15) is 18.7 Å². The Morgan fingerprint density at radius 3 is 2.00 bits per heavy atom. The summed E-state index contributed by atoms with van der Waals surface area (Å²) in [5.74, 6) is -0.485. The molecule has 2 aliphatic heterocycles. The van der Waals surface area contributed by atoms with E-state index < -0.39 is 11.3 Å². The predicted molar refractivity (Wildman–Crippen MR) is 145 cm³/mol. The molecule has 1 aliphatic carbocycles. The molecule has 5 rings (SSSR count). The highest BCUT2D eigenvalue weighted by Gasteiger charge is 2.63. The second-order valence-electron chi connectivity index (χ2n) is 11.2. The molecule has 1 unspecified atom stereocenters. The maximum atomic E-state index is 13.5. The number of piperidine rings is 1. The lowest BCUT2D eigenvalue weighted by Crippen LogP contribution is -2.62.